The number of carbonyl (C=O) groups excluding carboxylic acids is 1. The van der Waals surface area contributed by atoms with Crippen LogP contribution in [0, 0.1) is 6.92 Å². The Hall–Kier alpha value is -5.41. The first-order valence-electron chi connectivity index (χ1n) is 14.5. The van der Waals surface area contributed by atoms with E-state index in [-0.39, 0.29) is 5.78 Å². The summed E-state index contributed by atoms with van der Waals surface area (Å²) in [6.45, 7) is 2.17. The third-order valence-electron chi connectivity index (χ3n) is 8.92. The number of ketones is 1. The van der Waals surface area contributed by atoms with Crippen LogP contribution < -0.4 is 9.47 Å². The van der Waals surface area contributed by atoms with Gasteiger partial charge in [0.05, 0.1) is 12.5 Å². The van der Waals surface area contributed by atoms with Gasteiger partial charge in [-0.3, -0.25) is 4.79 Å². The summed E-state index contributed by atoms with van der Waals surface area (Å²) in [4.78, 5) is 13.0. The monoisotopic (exact) mass is 556 g/mol. The van der Waals surface area contributed by atoms with Gasteiger partial charge < -0.3 is 9.47 Å². The van der Waals surface area contributed by atoms with Crippen LogP contribution in [-0.2, 0) is 5.41 Å². The zero-order chi connectivity index (χ0) is 29.1. The minimum Gasteiger partial charge on any atom is -0.497 e. The molecule has 0 amide bonds. The zero-order valence-corrected chi connectivity index (χ0v) is 23.9. The lowest BCUT2D eigenvalue weighted by Gasteiger charge is -2.30. The molecule has 0 aliphatic heterocycles. The summed E-state index contributed by atoms with van der Waals surface area (Å²) >= 11 is 0. The lowest BCUT2D eigenvalue weighted by Crippen LogP contribution is -2.26. The number of hydrogen-bond donors (Lipinski definition) is 0. The Morgan fingerprint density at radius 3 is 1.60 bits per heavy atom. The van der Waals surface area contributed by atoms with E-state index in [1.54, 1.807) is 31.4 Å². The van der Waals surface area contributed by atoms with Crippen molar-refractivity contribution in [3.63, 3.8) is 0 Å². The molecule has 8 rings (SSSR count). The summed E-state index contributed by atoms with van der Waals surface area (Å²) in [5.74, 6) is 2.12. The summed E-state index contributed by atoms with van der Waals surface area (Å²) in [6.07, 6.45) is 0. The lowest BCUT2D eigenvalue weighted by atomic mass is 9.70. The van der Waals surface area contributed by atoms with Crippen molar-refractivity contribution in [3.8, 4) is 39.5 Å². The molecule has 1 spiro atoms. The normalized spacial score (nSPS) is 13.2. The molecule has 43 heavy (non-hydrogen) atoms. The number of rotatable bonds is 5. The van der Waals surface area contributed by atoms with E-state index in [0.29, 0.717) is 16.9 Å². The molecule has 3 nitrogen and oxygen atoms in total. The first kappa shape index (κ1) is 25.3. The Bertz CT molecular complexity index is 2010. The molecule has 0 bridgehead atoms. The van der Waals surface area contributed by atoms with Gasteiger partial charge in [-0.15, -0.1) is 0 Å². The number of aryl methyl sites for hydroxylation is 1. The molecule has 0 radical (unpaired) electrons. The van der Waals surface area contributed by atoms with E-state index < -0.39 is 5.41 Å². The summed E-state index contributed by atoms with van der Waals surface area (Å²) < 4.78 is 11.7. The molecule has 0 atom stereocenters. The number of methoxy groups -OCH3 is 1. The minimum absolute atomic E-state index is 0.0414. The van der Waals surface area contributed by atoms with E-state index in [2.05, 4.69) is 85.8 Å². The van der Waals surface area contributed by atoms with Gasteiger partial charge in [-0.2, -0.15) is 0 Å². The summed E-state index contributed by atoms with van der Waals surface area (Å²) in [7, 11) is 1.61. The molecule has 0 aromatic heterocycles. The van der Waals surface area contributed by atoms with Gasteiger partial charge in [0, 0.05) is 11.1 Å². The maximum atomic E-state index is 13.0. The smallest absolute Gasteiger partial charge is 0.193 e. The largest absolute Gasteiger partial charge is 0.497 e. The molecule has 0 saturated carbocycles. The van der Waals surface area contributed by atoms with Crippen LogP contribution >= 0.6 is 0 Å². The molecule has 3 heteroatoms. The average Bonchev–Trinajstić information content (AvgIpc) is 3.51. The van der Waals surface area contributed by atoms with Crippen LogP contribution in [0.25, 0.3) is 22.3 Å². The molecular formula is C40H28O3. The summed E-state index contributed by atoms with van der Waals surface area (Å²) in [5, 5.41) is 0. The van der Waals surface area contributed by atoms with E-state index in [1.807, 2.05) is 30.3 Å². The molecule has 6 aromatic carbocycles. The topological polar surface area (TPSA) is 35.5 Å². The van der Waals surface area contributed by atoms with Gasteiger partial charge in [-0.1, -0.05) is 78.4 Å². The predicted molar refractivity (Wildman–Crippen MR) is 170 cm³/mol. The Kier molecular flexibility index (Phi) is 5.63. The van der Waals surface area contributed by atoms with Crippen LogP contribution in [0.3, 0.4) is 0 Å². The Morgan fingerprint density at radius 2 is 1.00 bits per heavy atom. The second kappa shape index (κ2) is 9.57. The molecule has 0 saturated heterocycles. The summed E-state index contributed by atoms with van der Waals surface area (Å²) in [6, 6.07) is 45.4. The first-order valence-corrected chi connectivity index (χ1v) is 14.5. The predicted octanol–water partition coefficient (Wildman–Crippen LogP) is 9.37. The van der Waals surface area contributed by atoms with Gasteiger partial charge in [0.15, 0.2) is 5.78 Å². The fourth-order valence-electron chi connectivity index (χ4n) is 7.02. The standard InChI is InChI=1S/C40H28O3/c1-25-11-21-33-34-22-20-30(43-29-18-14-27(15-19-29)39(41)26-12-16-28(42-2)17-13-26)24-38(34)40(37(33)23-25)35-9-5-3-7-31(35)32-8-4-6-10-36(32)40/h3-24H,1-2H3. The zero-order valence-electron chi connectivity index (χ0n) is 23.9. The average molecular weight is 557 g/mol. The van der Waals surface area contributed by atoms with Crippen LogP contribution in [0.1, 0.15) is 43.7 Å². The van der Waals surface area contributed by atoms with Gasteiger partial charge in [0.2, 0.25) is 0 Å². The van der Waals surface area contributed by atoms with E-state index in [9.17, 15) is 4.79 Å². The Balaban J connectivity index is 1.20. The number of hydrogen-bond acceptors (Lipinski definition) is 3. The van der Waals surface area contributed by atoms with Gasteiger partial charge in [0.25, 0.3) is 0 Å². The van der Waals surface area contributed by atoms with Crippen molar-refractivity contribution in [2.75, 3.05) is 7.11 Å². The molecule has 0 fully saturated rings. The minimum atomic E-state index is -0.419. The van der Waals surface area contributed by atoms with Crippen molar-refractivity contribution < 1.29 is 14.3 Å². The second-order valence-electron chi connectivity index (χ2n) is 11.3. The highest BCUT2D eigenvalue weighted by Crippen LogP contribution is 2.63. The first-order chi connectivity index (χ1) is 21.1. The maximum Gasteiger partial charge on any atom is 0.193 e. The quantitative estimate of drug-likeness (QED) is 0.198. The van der Waals surface area contributed by atoms with Gasteiger partial charge in [0.1, 0.15) is 17.2 Å². The van der Waals surface area contributed by atoms with Crippen molar-refractivity contribution >= 4 is 5.78 Å². The molecule has 206 valence electrons. The number of fused-ring (bicyclic) bond motifs is 10. The van der Waals surface area contributed by atoms with Crippen LogP contribution in [-0.4, -0.2) is 12.9 Å². The third kappa shape index (κ3) is 3.71. The van der Waals surface area contributed by atoms with E-state index in [0.717, 1.165) is 11.5 Å². The van der Waals surface area contributed by atoms with Crippen molar-refractivity contribution in [1.82, 2.24) is 0 Å². The number of benzene rings is 6. The van der Waals surface area contributed by atoms with Crippen molar-refractivity contribution in [1.29, 1.82) is 0 Å². The second-order valence-corrected chi connectivity index (χ2v) is 11.3. The van der Waals surface area contributed by atoms with Crippen LogP contribution in [0.15, 0.2) is 133 Å². The third-order valence-corrected chi connectivity index (χ3v) is 8.92. The summed E-state index contributed by atoms with van der Waals surface area (Å²) in [5.41, 5.74) is 12.3. The fourth-order valence-corrected chi connectivity index (χ4v) is 7.02. The highest BCUT2D eigenvalue weighted by molar-refractivity contribution is 6.09. The Labute approximate surface area is 251 Å². The maximum absolute atomic E-state index is 13.0. The molecule has 2 aliphatic carbocycles. The van der Waals surface area contributed by atoms with Gasteiger partial charge >= 0.3 is 0 Å². The molecule has 6 aromatic rings. The van der Waals surface area contributed by atoms with Crippen molar-refractivity contribution in [2.45, 2.75) is 12.3 Å². The lowest BCUT2D eigenvalue weighted by molar-refractivity contribution is 0.103. The van der Waals surface area contributed by atoms with Crippen LogP contribution in [0.2, 0.25) is 0 Å². The molecule has 0 N–H and O–H groups in total. The van der Waals surface area contributed by atoms with Crippen LogP contribution in [0.5, 0.6) is 17.2 Å². The van der Waals surface area contributed by atoms with E-state index >= 15 is 0 Å². The molecule has 0 heterocycles. The number of ether oxygens (including phenoxy) is 2. The van der Waals surface area contributed by atoms with Gasteiger partial charge in [-0.05, 0) is 112 Å². The SMILES string of the molecule is COc1ccc(C(=O)c2ccc(Oc3ccc4c(c3)C3(c5ccccc5-c5ccccc53)c3cc(C)ccc3-4)cc2)cc1. The highest BCUT2D eigenvalue weighted by atomic mass is 16.5. The van der Waals surface area contributed by atoms with Gasteiger partial charge in [-0.25, -0.2) is 0 Å². The van der Waals surface area contributed by atoms with Crippen molar-refractivity contribution in [3.05, 3.63) is 172 Å². The van der Waals surface area contributed by atoms with Crippen molar-refractivity contribution in [2.24, 2.45) is 0 Å². The fraction of sp³-hybridized carbons (Fsp3) is 0.0750. The highest BCUT2D eigenvalue weighted by Gasteiger charge is 2.51. The number of carbonyl (C=O) groups is 1. The van der Waals surface area contributed by atoms with E-state index in [4.69, 9.17) is 9.47 Å². The van der Waals surface area contributed by atoms with E-state index in [1.165, 1.54) is 50.1 Å². The Morgan fingerprint density at radius 1 is 0.512 bits per heavy atom. The molecule has 0 unspecified atom stereocenters. The van der Waals surface area contributed by atoms with Crippen LogP contribution in [0.4, 0.5) is 0 Å². The molecule has 2 aliphatic rings. The molecular weight excluding hydrogens is 528 g/mol.